The predicted molar refractivity (Wildman–Crippen MR) is 79.2 cm³/mol. The number of hydrogen-bond acceptors (Lipinski definition) is 5. The number of benzene rings is 1. The topological polar surface area (TPSA) is 107 Å². The zero-order valence-corrected chi connectivity index (χ0v) is 12.7. The lowest BCUT2D eigenvalue weighted by molar-refractivity contribution is -0.384. The van der Waals surface area contributed by atoms with E-state index in [1.165, 1.54) is 12.1 Å². The van der Waals surface area contributed by atoms with Crippen LogP contribution in [0.25, 0.3) is 0 Å². The number of aryl methyl sites for hydroxylation is 1. The van der Waals surface area contributed by atoms with Crippen LogP contribution < -0.4 is 15.8 Å². The van der Waals surface area contributed by atoms with Crippen molar-refractivity contribution in [2.24, 2.45) is 5.73 Å². The van der Waals surface area contributed by atoms with Crippen LogP contribution in [0.1, 0.15) is 25.8 Å². The second-order valence-corrected chi connectivity index (χ2v) is 5.29. The molecule has 7 nitrogen and oxygen atoms in total. The molecule has 0 bridgehead atoms. The van der Waals surface area contributed by atoms with Crippen LogP contribution in [0, 0.1) is 17.0 Å². The van der Waals surface area contributed by atoms with Crippen LogP contribution in [-0.2, 0) is 4.79 Å². The largest absolute Gasteiger partial charge is 0.490 e. The first-order valence-corrected chi connectivity index (χ1v) is 6.60. The van der Waals surface area contributed by atoms with Crippen molar-refractivity contribution in [1.29, 1.82) is 0 Å². The molecule has 21 heavy (non-hydrogen) atoms. The number of ether oxygens (including phenoxy) is 1. The number of likely N-dealkylation sites (N-methyl/N-ethyl adjacent to an activating group) is 1. The highest BCUT2D eigenvalue weighted by molar-refractivity contribution is 5.84. The first-order chi connectivity index (χ1) is 9.69. The van der Waals surface area contributed by atoms with Gasteiger partial charge in [-0.3, -0.25) is 14.9 Å². The minimum atomic E-state index is -0.867. The number of primary amides is 1. The van der Waals surface area contributed by atoms with Gasteiger partial charge in [0.1, 0.15) is 5.75 Å². The Morgan fingerprint density at radius 2 is 2.19 bits per heavy atom. The van der Waals surface area contributed by atoms with Crippen molar-refractivity contribution in [1.82, 2.24) is 5.32 Å². The standard InChI is InChI=1S/C14H21N3O4/c1-9-7-11(17(19)20)5-6-12(9)21-10(2)8-14(3,16-4)13(15)18/h5-7,10,16H,8H2,1-4H3,(H2,15,18). The maximum atomic E-state index is 11.5. The molecule has 0 aliphatic rings. The molecule has 0 aliphatic carbocycles. The molecule has 1 aromatic carbocycles. The highest BCUT2D eigenvalue weighted by Crippen LogP contribution is 2.25. The average molecular weight is 295 g/mol. The van der Waals surface area contributed by atoms with Crippen LogP contribution >= 0.6 is 0 Å². The quantitative estimate of drug-likeness (QED) is 0.586. The van der Waals surface area contributed by atoms with E-state index in [1.54, 1.807) is 27.0 Å². The van der Waals surface area contributed by atoms with E-state index >= 15 is 0 Å². The smallest absolute Gasteiger partial charge is 0.269 e. The summed E-state index contributed by atoms with van der Waals surface area (Å²) >= 11 is 0. The fourth-order valence-electron chi connectivity index (χ4n) is 2.04. The molecule has 2 unspecified atom stereocenters. The van der Waals surface area contributed by atoms with Crippen LogP contribution in [0.3, 0.4) is 0 Å². The molecule has 1 aromatic rings. The van der Waals surface area contributed by atoms with E-state index in [9.17, 15) is 14.9 Å². The molecule has 0 spiro atoms. The Morgan fingerprint density at radius 1 is 1.57 bits per heavy atom. The average Bonchev–Trinajstić information content (AvgIpc) is 2.40. The summed E-state index contributed by atoms with van der Waals surface area (Å²) in [5.74, 6) is 0.0943. The monoisotopic (exact) mass is 295 g/mol. The number of nitro groups is 1. The van der Waals surface area contributed by atoms with E-state index in [0.29, 0.717) is 17.7 Å². The molecule has 0 radical (unpaired) electrons. The van der Waals surface area contributed by atoms with Gasteiger partial charge in [0.15, 0.2) is 0 Å². The molecule has 3 N–H and O–H groups in total. The first-order valence-electron chi connectivity index (χ1n) is 6.60. The summed E-state index contributed by atoms with van der Waals surface area (Å²) in [6.45, 7) is 5.26. The molecular weight excluding hydrogens is 274 g/mol. The van der Waals surface area contributed by atoms with Crippen molar-refractivity contribution in [3.8, 4) is 5.75 Å². The van der Waals surface area contributed by atoms with Gasteiger partial charge in [-0.1, -0.05) is 0 Å². The molecule has 0 saturated carbocycles. The highest BCUT2D eigenvalue weighted by atomic mass is 16.6. The van der Waals surface area contributed by atoms with Gasteiger partial charge in [0.05, 0.1) is 16.6 Å². The molecule has 2 atom stereocenters. The van der Waals surface area contributed by atoms with Gasteiger partial charge in [-0.2, -0.15) is 0 Å². The number of rotatable bonds is 7. The lowest BCUT2D eigenvalue weighted by Gasteiger charge is -2.29. The SMILES string of the molecule is CNC(C)(CC(C)Oc1ccc([N+](=O)[O-])cc1C)C(N)=O. The third kappa shape index (κ3) is 4.16. The minimum absolute atomic E-state index is 0.0182. The van der Waals surface area contributed by atoms with E-state index in [1.807, 2.05) is 6.92 Å². The fourth-order valence-corrected chi connectivity index (χ4v) is 2.04. The third-order valence-electron chi connectivity index (χ3n) is 3.49. The Labute approximate surface area is 123 Å². The number of nitrogens with one attached hydrogen (secondary N) is 1. The number of hydrogen-bond donors (Lipinski definition) is 2. The van der Waals surface area contributed by atoms with Crippen LogP contribution in [0.15, 0.2) is 18.2 Å². The van der Waals surface area contributed by atoms with Gasteiger partial charge in [0.2, 0.25) is 5.91 Å². The van der Waals surface area contributed by atoms with E-state index in [-0.39, 0.29) is 11.8 Å². The van der Waals surface area contributed by atoms with E-state index < -0.39 is 16.4 Å². The van der Waals surface area contributed by atoms with E-state index in [4.69, 9.17) is 10.5 Å². The number of nitrogens with zero attached hydrogens (tertiary/aromatic N) is 1. The van der Waals surface area contributed by atoms with Crippen LogP contribution in [0.2, 0.25) is 0 Å². The Bertz CT molecular complexity index is 547. The molecule has 0 aliphatic heterocycles. The van der Waals surface area contributed by atoms with Crippen LogP contribution in [0.5, 0.6) is 5.75 Å². The normalized spacial score (nSPS) is 15.0. The van der Waals surface area contributed by atoms with Gasteiger partial charge in [-0.15, -0.1) is 0 Å². The number of nitro benzene ring substituents is 1. The van der Waals surface area contributed by atoms with Gasteiger partial charge in [-0.25, -0.2) is 0 Å². The van der Waals surface area contributed by atoms with E-state index in [2.05, 4.69) is 5.32 Å². The van der Waals surface area contributed by atoms with Gasteiger partial charge >= 0.3 is 0 Å². The summed E-state index contributed by atoms with van der Waals surface area (Å²) in [7, 11) is 1.66. The van der Waals surface area contributed by atoms with Crippen molar-refractivity contribution in [2.75, 3.05) is 7.05 Å². The lowest BCUT2D eigenvalue weighted by Crippen LogP contribution is -2.53. The second kappa shape index (κ2) is 6.53. The number of carbonyl (C=O) groups excluding carboxylic acids is 1. The lowest BCUT2D eigenvalue weighted by atomic mass is 9.94. The van der Waals surface area contributed by atoms with Crippen molar-refractivity contribution < 1.29 is 14.5 Å². The number of carbonyl (C=O) groups is 1. The zero-order valence-electron chi connectivity index (χ0n) is 12.7. The highest BCUT2D eigenvalue weighted by Gasteiger charge is 2.31. The summed E-state index contributed by atoms with van der Waals surface area (Å²) in [5.41, 5.74) is 5.19. The molecule has 1 amide bonds. The predicted octanol–water partition coefficient (Wildman–Crippen LogP) is 1.52. The van der Waals surface area contributed by atoms with Crippen LogP contribution in [0.4, 0.5) is 5.69 Å². The van der Waals surface area contributed by atoms with Crippen molar-refractivity contribution in [2.45, 2.75) is 38.8 Å². The molecule has 0 heterocycles. The molecule has 116 valence electrons. The Balaban J connectivity index is 2.82. The minimum Gasteiger partial charge on any atom is -0.490 e. The van der Waals surface area contributed by atoms with Crippen molar-refractivity contribution in [3.63, 3.8) is 0 Å². The summed E-state index contributed by atoms with van der Waals surface area (Å²) in [4.78, 5) is 21.7. The number of amides is 1. The number of nitrogens with two attached hydrogens (primary N) is 1. The van der Waals surface area contributed by atoms with Crippen molar-refractivity contribution >= 4 is 11.6 Å². The summed E-state index contributed by atoms with van der Waals surface area (Å²) in [6.07, 6.45) is 0.102. The fraction of sp³-hybridized carbons (Fsp3) is 0.500. The van der Waals surface area contributed by atoms with Crippen molar-refractivity contribution in [3.05, 3.63) is 33.9 Å². The summed E-state index contributed by atoms with van der Waals surface area (Å²) in [5, 5.41) is 13.6. The molecule has 0 saturated heterocycles. The second-order valence-electron chi connectivity index (χ2n) is 5.29. The molecule has 1 rings (SSSR count). The molecular formula is C14H21N3O4. The van der Waals surface area contributed by atoms with Crippen LogP contribution in [-0.4, -0.2) is 29.5 Å². The Morgan fingerprint density at radius 3 is 2.62 bits per heavy atom. The van der Waals surface area contributed by atoms with Gasteiger partial charge in [0.25, 0.3) is 5.69 Å². The molecule has 0 aromatic heterocycles. The molecule has 7 heteroatoms. The van der Waals surface area contributed by atoms with Gasteiger partial charge in [0, 0.05) is 18.6 Å². The zero-order chi connectivity index (χ0) is 16.2. The maximum Gasteiger partial charge on any atom is 0.269 e. The Hall–Kier alpha value is -2.15. The van der Waals surface area contributed by atoms with Gasteiger partial charge in [-0.05, 0) is 39.4 Å². The number of non-ortho nitro benzene ring substituents is 1. The summed E-state index contributed by atoms with van der Waals surface area (Å²) < 4.78 is 5.76. The molecule has 0 fully saturated rings. The first kappa shape index (κ1) is 16.9. The Kier molecular flexibility index (Phi) is 5.26. The van der Waals surface area contributed by atoms with Gasteiger partial charge < -0.3 is 15.8 Å². The van der Waals surface area contributed by atoms with E-state index in [0.717, 1.165) is 0 Å². The third-order valence-corrected chi connectivity index (χ3v) is 3.49. The summed E-state index contributed by atoms with van der Waals surface area (Å²) in [6, 6.07) is 4.40. The maximum absolute atomic E-state index is 11.5.